The molecule has 2 rings (SSSR count). The maximum Gasteiger partial charge on any atom is 0.261 e. The number of amides is 1. The number of aromatic nitrogens is 1. The number of hydrogen-bond donors (Lipinski definition) is 2. The average molecular weight is 263 g/mol. The van der Waals surface area contributed by atoms with Crippen LogP contribution < -0.4 is 10.7 Å². The van der Waals surface area contributed by atoms with Gasteiger partial charge in [-0.3, -0.25) is 9.59 Å². The van der Waals surface area contributed by atoms with Crippen LogP contribution in [0.25, 0.3) is 0 Å². The molecule has 0 unspecified atom stereocenters. The minimum atomic E-state index is -0.482. The Balaban J connectivity index is 2.28. The average Bonchev–Trinajstić information content (AvgIpc) is 2.32. The van der Waals surface area contributed by atoms with Crippen molar-refractivity contribution in [1.82, 2.24) is 4.98 Å². The lowest BCUT2D eigenvalue weighted by Gasteiger charge is -2.06. The Morgan fingerprint density at radius 3 is 2.72 bits per heavy atom. The number of anilines is 1. The predicted molar refractivity (Wildman–Crippen MR) is 71.2 cm³/mol. The van der Waals surface area contributed by atoms with E-state index in [1.807, 2.05) is 0 Å². The molecule has 0 aliphatic rings. The number of para-hydroxylation sites is 1. The third-order valence-electron chi connectivity index (χ3n) is 2.42. The summed E-state index contributed by atoms with van der Waals surface area (Å²) in [5.74, 6) is -0.482. The van der Waals surface area contributed by atoms with E-state index >= 15 is 0 Å². The molecule has 1 amide bonds. The van der Waals surface area contributed by atoms with Gasteiger partial charge in [0.1, 0.15) is 5.56 Å². The van der Waals surface area contributed by atoms with Crippen LogP contribution >= 0.6 is 11.6 Å². The van der Waals surface area contributed by atoms with Crippen molar-refractivity contribution in [2.24, 2.45) is 0 Å². The van der Waals surface area contributed by atoms with E-state index < -0.39 is 5.91 Å². The molecule has 2 aromatic rings. The largest absolute Gasteiger partial charge is 0.364 e. The fraction of sp³-hybridized carbons (Fsp3) is 0.0769. The van der Waals surface area contributed by atoms with E-state index in [0.29, 0.717) is 16.4 Å². The first-order chi connectivity index (χ1) is 8.58. The highest BCUT2D eigenvalue weighted by Gasteiger charge is 2.11. The van der Waals surface area contributed by atoms with Gasteiger partial charge in [0.2, 0.25) is 0 Å². The highest BCUT2D eigenvalue weighted by Crippen LogP contribution is 2.20. The lowest BCUT2D eigenvalue weighted by molar-refractivity contribution is 0.102. The number of benzene rings is 1. The number of hydrogen-bond acceptors (Lipinski definition) is 2. The fourth-order valence-electron chi connectivity index (χ4n) is 1.50. The van der Waals surface area contributed by atoms with Gasteiger partial charge in [0, 0.05) is 18.0 Å². The van der Waals surface area contributed by atoms with Crippen LogP contribution in [0.3, 0.4) is 0 Å². The van der Waals surface area contributed by atoms with E-state index in [1.165, 1.54) is 12.3 Å². The third kappa shape index (κ3) is 2.60. The molecule has 4 nitrogen and oxygen atoms in total. The Labute approximate surface area is 109 Å². The molecule has 0 spiro atoms. The number of aryl methyl sites for hydroxylation is 1. The van der Waals surface area contributed by atoms with Gasteiger partial charge in [0.15, 0.2) is 5.43 Å². The molecule has 0 saturated heterocycles. The number of carbonyl (C=O) groups is 1. The highest BCUT2D eigenvalue weighted by atomic mass is 35.5. The van der Waals surface area contributed by atoms with Crippen molar-refractivity contribution in [1.29, 1.82) is 0 Å². The van der Waals surface area contributed by atoms with Gasteiger partial charge < -0.3 is 10.3 Å². The molecule has 5 heteroatoms. The summed E-state index contributed by atoms with van der Waals surface area (Å²) in [5, 5.41) is 3.02. The molecule has 2 N–H and O–H groups in total. The van der Waals surface area contributed by atoms with Crippen LogP contribution in [-0.4, -0.2) is 10.9 Å². The molecule has 92 valence electrons. The van der Waals surface area contributed by atoms with Crippen LogP contribution in [0.4, 0.5) is 5.69 Å². The standard InChI is InChI=1S/C13H11ClN2O2/c1-8-6-12(17)9(7-15-8)13(18)16-11-5-3-2-4-10(11)14/h2-7H,1H3,(H,15,17)(H,16,18). The minimum Gasteiger partial charge on any atom is -0.364 e. The lowest BCUT2D eigenvalue weighted by atomic mass is 10.2. The van der Waals surface area contributed by atoms with Gasteiger partial charge in [-0.15, -0.1) is 0 Å². The SMILES string of the molecule is Cc1cc(=O)c(C(=O)Nc2ccccc2Cl)c[nH]1. The van der Waals surface area contributed by atoms with Crippen LogP contribution in [0.1, 0.15) is 16.1 Å². The van der Waals surface area contributed by atoms with Crippen LogP contribution in [0.2, 0.25) is 5.02 Å². The van der Waals surface area contributed by atoms with E-state index in [4.69, 9.17) is 11.6 Å². The molecule has 0 aliphatic carbocycles. The summed E-state index contributed by atoms with van der Waals surface area (Å²) in [7, 11) is 0. The van der Waals surface area contributed by atoms with Gasteiger partial charge in [-0.05, 0) is 19.1 Å². The Hall–Kier alpha value is -2.07. The van der Waals surface area contributed by atoms with E-state index in [-0.39, 0.29) is 11.0 Å². The first kappa shape index (κ1) is 12.4. The second kappa shape index (κ2) is 5.06. The molecule has 0 atom stereocenters. The summed E-state index contributed by atoms with van der Waals surface area (Å²) in [6, 6.07) is 8.22. The second-order valence-electron chi connectivity index (χ2n) is 3.83. The molecule has 1 aromatic heterocycles. The molecule has 0 saturated carbocycles. The summed E-state index contributed by atoms with van der Waals surface area (Å²) in [5.41, 5.74) is 0.912. The normalized spacial score (nSPS) is 10.1. The van der Waals surface area contributed by atoms with Gasteiger partial charge in [0.05, 0.1) is 10.7 Å². The fourth-order valence-corrected chi connectivity index (χ4v) is 1.69. The third-order valence-corrected chi connectivity index (χ3v) is 2.75. The van der Waals surface area contributed by atoms with Crippen LogP contribution in [0.5, 0.6) is 0 Å². The Morgan fingerprint density at radius 2 is 2.06 bits per heavy atom. The van der Waals surface area contributed by atoms with Gasteiger partial charge in [-0.2, -0.15) is 0 Å². The zero-order valence-electron chi connectivity index (χ0n) is 9.66. The molecule has 0 fully saturated rings. The first-order valence-electron chi connectivity index (χ1n) is 5.33. The molecule has 0 bridgehead atoms. The smallest absolute Gasteiger partial charge is 0.261 e. The van der Waals surface area contributed by atoms with Gasteiger partial charge in [0.25, 0.3) is 5.91 Å². The number of nitrogens with one attached hydrogen (secondary N) is 2. The molecule has 0 radical (unpaired) electrons. The summed E-state index contributed by atoms with van der Waals surface area (Å²) < 4.78 is 0. The van der Waals surface area contributed by atoms with Crippen molar-refractivity contribution in [2.75, 3.05) is 5.32 Å². The lowest BCUT2D eigenvalue weighted by Crippen LogP contribution is -2.21. The summed E-state index contributed by atoms with van der Waals surface area (Å²) in [4.78, 5) is 26.4. The quantitative estimate of drug-likeness (QED) is 0.874. The molecular weight excluding hydrogens is 252 g/mol. The number of rotatable bonds is 2. The summed E-state index contributed by atoms with van der Waals surface area (Å²) >= 11 is 5.92. The number of carbonyl (C=O) groups excluding carboxylic acids is 1. The van der Waals surface area contributed by atoms with Crippen molar-refractivity contribution in [3.05, 3.63) is 63.0 Å². The molecular formula is C13H11ClN2O2. The van der Waals surface area contributed by atoms with E-state index in [9.17, 15) is 9.59 Å². The highest BCUT2D eigenvalue weighted by molar-refractivity contribution is 6.33. The zero-order chi connectivity index (χ0) is 13.1. The van der Waals surface area contributed by atoms with E-state index in [2.05, 4.69) is 10.3 Å². The summed E-state index contributed by atoms with van der Waals surface area (Å²) in [6.07, 6.45) is 1.39. The maximum absolute atomic E-state index is 11.9. The Kier molecular flexibility index (Phi) is 3.48. The zero-order valence-corrected chi connectivity index (χ0v) is 10.4. The van der Waals surface area contributed by atoms with Gasteiger partial charge >= 0.3 is 0 Å². The molecule has 18 heavy (non-hydrogen) atoms. The van der Waals surface area contributed by atoms with Crippen molar-refractivity contribution in [3.8, 4) is 0 Å². The van der Waals surface area contributed by atoms with Crippen molar-refractivity contribution in [3.63, 3.8) is 0 Å². The second-order valence-corrected chi connectivity index (χ2v) is 4.24. The number of aromatic amines is 1. The minimum absolute atomic E-state index is 0.0560. The van der Waals surface area contributed by atoms with Gasteiger partial charge in [-0.25, -0.2) is 0 Å². The number of halogens is 1. The number of pyridine rings is 1. The molecule has 1 aromatic carbocycles. The van der Waals surface area contributed by atoms with Crippen molar-refractivity contribution < 1.29 is 4.79 Å². The van der Waals surface area contributed by atoms with Crippen LogP contribution in [0, 0.1) is 6.92 Å². The Morgan fingerprint density at radius 1 is 1.33 bits per heavy atom. The predicted octanol–water partition coefficient (Wildman–Crippen LogP) is 2.59. The monoisotopic (exact) mass is 262 g/mol. The van der Waals surface area contributed by atoms with Gasteiger partial charge in [-0.1, -0.05) is 23.7 Å². The Bertz CT molecular complexity index is 649. The molecule has 0 aliphatic heterocycles. The first-order valence-corrected chi connectivity index (χ1v) is 5.71. The molecule has 1 heterocycles. The van der Waals surface area contributed by atoms with Crippen molar-refractivity contribution in [2.45, 2.75) is 6.92 Å². The number of H-pyrrole nitrogens is 1. The maximum atomic E-state index is 11.9. The topological polar surface area (TPSA) is 62.0 Å². The van der Waals surface area contributed by atoms with Crippen LogP contribution in [0.15, 0.2) is 41.3 Å². The van der Waals surface area contributed by atoms with E-state index in [1.54, 1.807) is 31.2 Å². The van der Waals surface area contributed by atoms with E-state index in [0.717, 1.165) is 0 Å². The summed E-state index contributed by atoms with van der Waals surface area (Å²) in [6.45, 7) is 1.75. The van der Waals surface area contributed by atoms with Crippen molar-refractivity contribution >= 4 is 23.2 Å². The van der Waals surface area contributed by atoms with Crippen LogP contribution in [-0.2, 0) is 0 Å².